The van der Waals surface area contributed by atoms with Crippen molar-refractivity contribution >= 4 is 40.7 Å². The van der Waals surface area contributed by atoms with E-state index in [1.807, 2.05) is 19.9 Å². The van der Waals surface area contributed by atoms with Crippen molar-refractivity contribution in [1.29, 1.82) is 0 Å². The second kappa shape index (κ2) is 7.58. The van der Waals surface area contributed by atoms with Gasteiger partial charge in [-0.25, -0.2) is 9.97 Å². The highest BCUT2D eigenvalue weighted by molar-refractivity contribution is 6.42. The number of piperidine rings is 1. The van der Waals surface area contributed by atoms with Crippen LogP contribution in [0.3, 0.4) is 0 Å². The first-order valence-electron chi connectivity index (χ1n) is 8.25. The third kappa shape index (κ3) is 4.41. The van der Waals surface area contributed by atoms with Crippen molar-refractivity contribution in [2.45, 2.75) is 26.7 Å². The van der Waals surface area contributed by atoms with E-state index in [0.717, 1.165) is 30.8 Å². The van der Waals surface area contributed by atoms with Crippen molar-refractivity contribution in [3.05, 3.63) is 45.7 Å². The number of nitrogens with one attached hydrogen (secondary N) is 1. The van der Waals surface area contributed by atoms with E-state index in [0.29, 0.717) is 28.2 Å². The van der Waals surface area contributed by atoms with Crippen molar-refractivity contribution in [3.63, 3.8) is 0 Å². The van der Waals surface area contributed by atoms with Crippen LogP contribution in [0.4, 0.5) is 11.6 Å². The first-order valence-corrected chi connectivity index (χ1v) is 9.01. The van der Waals surface area contributed by atoms with E-state index in [4.69, 9.17) is 23.2 Å². The van der Waals surface area contributed by atoms with Crippen LogP contribution < -0.4 is 10.2 Å². The summed E-state index contributed by atoms with van der Waals surface area (Å²) in [6.45, 7) is 5.38. The van der Waals surface area contributed by atoms with Crippen LogP contribution in [0, 0.1) is 19.8 Å². The van der Waals surface area contributed by atoms with Crippen LogP contribution >= 0.6 is 23.2 Å². The summed E-state index contributed by atoms with van der Waals surface area (Å²) < 4.78 is 0. The number of benzene rings is 1. The molecular weight excluding hydrogens is 359 g/mol. The van der Waals surface area contributed by atoms with Crippen molar-refractivity contribution in [3.8, 4) is 0 Å². The lowest BCUT2D eigenvalue weighted by Crippen LogP contribution is -2.41. The van der Waals surface area contributed by atoms with Crippen molar-refractivity contribution in [2.24, 2.45) is 5.92 Å². The zero-order chi connectivity index (χ0) is 18.0. The van der Waals surface area contributed by atoms with Gasteiger partial charge in [-0.1, -0.05) is 23.2 Å². The van der Waals surface area contributed by atoms with Crippen LogP contribution in [0.25, 0.3) is 0 Å². The fourth-order valence-corrected chi connectivity index (χ4v) is 3.34. The molecule has 0 saturated carbocycles. The Labute approximate surface area is 157 Å². The van der Waals surface area contributed by atoms with Gasteiger partial charge in [0.2, 0.25) is 11.9 Å². The average Bonchev–Trinajstić information content (AvgIpc) is 2.57. The molecular formula is C18H20Cl2N4O. The van der Waals surface area contributed by atoms with Gasteiger partial charge in [0.25, 0.3) is 0 Å². The number of anilines is 2. The summed E-state index contributed by atoms with van der Waals surface area (Å²) in [5, 5.41) is 3.82. The number of nitrogens with zero attached hydrogens (tertiary/aromatic N) is 3. The highest BCUT2D eigenvalue weighted by Gasteiger charge is 2.27. The first-order chi connectivity index (χ1) is 11.9. The van der Waals surface area contributed by atoms with Gasteiger partial charge in [0.05, 0.1) is 16.0 Å². The lowest BCUT2D eigenvalue weighted by Gasteiger charge is -2.32. The second-order valence-electron chi connectivity index (χ2n) is 6.35. The molecule has 1 amide bonds. The molecule has 2 aromatic rings. The van der Waals surface area contributed by atoms with E-state index >= 15 is 0 Å². The number of carbonyl (C=O) groups excluding carboxylic acids is 1. The van der Waals surface area contributed by atoms with Crippen LogP contribution in [0.2, 0.25) is 10.0 Å². The molecule has 1 aromatic carbocycles. The number of halogens is 2. The van der Waals surface area contributed by atoms with Crippen molar-refractivity contribution in [1.82, 2.24) is 9.97 Å². The molecule has 0 bridgehead atoms. The lowest BCUT2D eigenvalue weighted by atomic mass is 9.97. The predicted molar refractivity (Wildman–Crippen MR) is 102 cm³/mol. The predicted octanol–water partition coefficient (Wildman–Crippen LogP) is 4.26. The molecule has 1 N–H and O–H groups in total. The summed E-state index contributed by atoms with van der Waals surface area (Å²) in [5.41, 5.74) is 2.52. The van der Waals surface area contributed by atoms with E-state index in [1.165, 1.54) is 0 Å². The summed E-state index contributed by atoms with van der Waals surface area (Å²) in [6, 6.07) is 7.03. The minimum absolute atomic E-state index is 0.0209. The molecule has 25 heavy (non-hydrogen) atoms. The molecule has 1 aromatic heterocycles. The molecule has 2 heterocycles. The summed E-state index contributed by atoms with van der Waals surface area (Å²) >= 11 is 11.9. The minimum Gasteiger partial charge on any atom is -0.340 e. The van der Waals surface area contributed by atoms with E-state index in [-0.39, 0.29) is 11.8 Å². The molecule has 7 heteroatoms. The molecule has 5 nitrogen and oxygen atoms in total. The average molecular weight is 379 g/mol. The van der Waals surface area contributed by atoms with Crippen LogP contribution in [0.5, 0.6) is 0 Å². The molecule has 1 atom stereocenters. The maximum Gasteiger partial charge on any atom is 0.229 e. The maximum atomic E-state index is 12.6. The van der Waals surface area contributed by atoms with Gasteiger partial charge in [0.1, 0.15) is 0 Å². The summed E-state index contributed by atoms with van der Waals surface area (Å²) in [7, 11) is 0. The zero-order valence-electron chi connectivity index (χ0n) is 14.2. The zero-order valence-corrected chi connectivity index (χ0v) is 15.7. The Balaban J connectivity index is 1.69. The molecule has 3 rings (SSSR count). The van der Waals surface area contributed by atoms with Gasteiger partial charge in [0.15, 0.2) is 0 Å². The van der Waals surface area contributed by atoms with E-state index in [1.54, 1.807) is 18.2 Å². The van der Waals surface area contributed by atoms with Gasteiger partial charge in [-0.2, -0.15) is 0 Å². The molecule has 0 spiro atoms. The Morgan fingerprint density at radius 1 is 1.16 bits per heavy atom. The number of hydrogen-bond donors (Lipinski definition) is 1. The highest BCUT2D eigenvalue weighted by Crippen LogP contribution is 2.26. The Bertz CT molecular complexity index is 776. The number of hydrogen-bond acceptors (Lipinski definition) is 4. The minimum atomic E-state index is -0.118. The fourth-order valence-electron chi connectivity index (χ4n) is 3.04. The van der Waals surface area contributed by atoms with Gasteiger partial charge < -0.3 is 10.2 Å². The number of aromatic nitrogens is 2. The van der Waals surface area contributed by atoms with Crippen LogP contribution in [0.1, 0.15) is 24.2 Å². The molecule has 1 fully saturated rings. The Kier molecular flexibility index (Phi) is 5.45. The second-order valence-corrected chi connectivity index (χ2v) is 7.17. The molecule has 0 radical (unpaired) electrons. The molecule has 1 saturated heterocycles. The van der Waals surface area contributed by atoms with E-state index in [9.17, 15) is 4.79 Å². The Morgan fingerprint density at radius 2 is 1.88 bits per heavy atom. The van der Waals surface area contributed by atoms with Crippen LogP contribution in [0.15, 0.2) is 24.3 Å². The highest BCUT2D eigenvalue weighted by atomic mass is 35.5. The van der Waals surface area contributed by atoms with Gasteiger partial charge in [-0.05, 0) is 51.0 Å². The van der Waals surface area contributed by atoms with Gasteiger partial charge >= 0.3 is 0 Å². The smallest absolute Gasteiger partial charge is 0.229 e. The lowest BCUT2D eigenvalue weighted by molar-refractivity contribution is -0.120. The maximum absolute atomic E-state index is 12.6. The number of rotatable bonds is 3. The van der Waals surface area contributed by atoms with E-state index < -0.39 is 0 Å². The topological polar surface area (TPSA) is 58.1 Å². The summed E-state index contributed by atoms with van der Waals surface area (Å²) in [5.74, 6) is 0.560. The van der Waals surface area contributed by atoms with Crippen molar-refractivity contribution < 1.29 is 4.79 Å². The molecule has 1 aliphatic heterocycles. The summed E-state index contributed by atoms with van der Waals surface area (Å²) in [6.07, 6.45) is 1.77. The van der Waals surface area contributed by atoms with Gasteiger partial charge in [-0.15, -0.1) is 0 Å². The number of carbonyl (C=O) groups is 1. The Morgan fingerprint density at radius 3 is 2.56 bits per heavy atom. The molecule has 132 valence electrons. The largest absolute Gasteiger partial charge is 0.340 e. The quantitative estimate of drug-likeness (QED) is 0.866. The Hall–Kier alpha value is -1.85. The van der Waals surface area contributed by atoms with Gasteiger partial charge in [-0.3, -0.25) is 4.79 Å². The first kappa shape index (κ1) is 18.0. The standard InChI is InChI=1S/C18H20Cl2N4O/c1-11-8-12(2)22-18(21-11)24-7-3-4-13(10-24)17(25)23-14-5-6-15(19)16(20)9-14/h5-6,8-9,13H,3-4,7,10H2,1-2H3,(H,23,25)/t13-/m1/s1. The van der Waals surface area contributed by atoms with Crippen LogP contribution in [-0.2, 0) is 4.79 Å². The van der Waals surface area contributed by atoms with E-state index in [2.05, 4.69) is 20.2 Å². The fraction of sp³-hybridized carbons (Fsp3) is 0.389. The van der Waals surface area contributed by atoms with Gasteiger partial charge in [0, 0.05) is 30.2 Å². The third-order valence-corrected chi connectivity index (χ3v) is 4.97. The number of amides is 1. The monoisotopic (exact) mass is 378 g/mol. The molecule has 1 aliphatic rings. The molecule has 0 aliphatic carbocycles. The van der Waals surface area contributed by atoms with Crippen molar-refractivity contribution in [2.75, 3.05) is 23.3 Å². The summed E-state index contributed by atoms with van der Waals surface area (Å²) in [4.78, 5) is 23.7. The van der Waals surface area contributed by atoms with Crippen LogP contribution in [-0.4, -0.2) is 29.0 Å². The third-order valence-electron chi connectivity index (χ3n) is 4.23. The SMILES string of the molecule is Cc1cc(C)nc(N2CCC[C@@H](C(=O)Nc3ccc(Cl)c(Cl)c3)C2)n1. The number of aryl methyl sites for hydroxylation is 2. The molecule has 0 unspecified atom stereocenters. The normalized spacial score (nSPS) is 17.4.